The van der Waals surface area contributed by atoms with Crippen LogP contribution in [-0.4, -0.2) is 36.3 Å². The van der Waals surface area contributed by atoms with Crippen LogP contribution in [0.4, 0.5) is 5.69 Å². The zero-order valence-electron chi connectivity index (χ0n) is 12.8. The SMILES string of the molecule is CCN(CC)C(=O)C1(C(=O)N2CCc3ccccc32)CC1. The van der Waals surface area contributed by atoms with Gasteiger partial charge >= 0.3 is 0 Å². The highest BCUT2D eigenvalue weighted by atomic mass is 16.2. The quantitative estimate of drug-likeness (QED) is 0.796. The molecule has 1 heterocycles. The second-order valence-electron chi connectivity index (χ2n) is 5.90. The zero-order chi connectivity index (χ0) is 15.0. The Balaban J connectivity index is 1.85. The van der Waals surface area contributed by atoms with Crippen molar-refractivity contribution in [2.24, 2.45) is 5.41 Å². The van der Waals surface area contributed by atoms with Crippen LogP contribution < -0.4 is 4.90 Å². The molecule has 1 aliphatic carbocycles. The molecule has 2 aliphatic rings. The number of benzene rings is 1. The van der Waals surface area contributed by atoms with Crippen molar-refractivity contribution in [2.45, 2.75) is 33.1 Å². The van der Waals surface area contributed by atoms with E-state index < -0.39 is 5.41 Å². The first-order valence-corrected chi connectivity index (χ1v) is 7.83. The van der Waals surface area contributed by atoms with Crippen molar-refractivity contribution in [3.63, 3.8) is 0 Å². The van der Waals surface area contributed by atoms with Crippen LogP contribution in [0, 0.1) is 5.41 Å². The van der Waals surface area contributed by atoms with Gasteiger partial charge in [0.15, 0.2) is 0 Å². The van der Waals surface area contributed by atoms with Crippen molar-refractivity contribution in [1.82, 2.24) is 4.90 Å². The molecule has 4 heteroatoms. The molecule has 0 bridgehead atoms. The molecule has 1 aromatic carbocycles. The molecule has 4 nitrogen and oxygen atoms in total. The number of para-hydroxylation sites is 1. The summed E-state index contributed by atoms with van der Waals surface area (Å²) in [5.41, 5.74) is 1.42. The number of hydrogen-bond donors (Lipinski definition) is 0. The van der Waals surface area contributed by atoms with Gasteiger partial charge in [-0.1, -0.05) is 18.2 Å². The first kappa shape index (κ1) is 14.1. The van der Waals surface area contributed by atoms with Crippen molar-refractivity contribution in [1.29, 1.82) is 0 Å². The Kier molecular flexibility index (Phi) is 3.47. The van der Waals surface area contributed by atoms with E-state index in [0.29, 0.717) is 32.5 Å². The molecule has 0 saturated heterocycles. The molecular weight excluding hydrogens is 264 g/mol. The van der Waals surface area contributed by atoms with Gasteiger partial charge in [-0.05, 0) is 44.7 Å². The van der Waals surface area contributed by atoms with Crippen molar-refractivity contribution < 1.29 is 9.59 Å². The van der Waals surface area contributed by atoms with Crippen LogP contribution in [0.2, 0.25) is 0 Å². The minimum atomic E-state index is -0.774. The van der Waals surface area contributed by atoms with Crippen molar-refractivity contribution >= 4 is 17.5 Å². The van der Waals surface area contributed by atoms with Gasteiger partial charge in [0.1, 0.15) is 5.41 Å². The van der Waals surface area contributed by atoms with Crippen LogP contribution in [0.1, 0.15) is 32.3 Å². The van der Waals surface area contributed by atoms with Crippen LogP contribution in [0.15, 0.2) is 24.3 Å². The maximum Gasteiger partial charge on any atom is 0.242 e. The third-order valence-corrected chi connectivity index (χ3v) is 4.75. The standard InChI is InChI=1S/C17H22N2O2/c1-3-18(4-2)15(20)17(10-11-17)16(21)19-12-9-13-7-5-6-8-14(13)19/h5-8H,3-4,9-12H2,1-2H3. The lowest BCUT2D eigenvalue weighted by Gasteiger charge is -2.28. The summed E-state index contributed by atoms with van der Waals surface area (Å²) >= 11 is 0. The van der Waals surface area contributed by atoms with E-state index in [-0.39, 0.29) is 11.8 Å². The maximum atomic E-state index is 12.9. The predicted octanol–water partition coefficient (Wildman–Crippen LogP) is 2.22. The molecule has 2 amide bonds. The van der Waals surface area contributed by atoms with E-state index in [1.54, 1.807) is 4.90 Å². The topological polar surface area (TPSA) is 40.6 Å². The van der Waals surface area contributed by atoms with E-state index in [1.165, 1.54) is 5.56 Å². The molecule has 1 fully saturated rings. The number of fused-ring (bicyclic) bond motifs is 1. The van der Waals surface area contributed by atoms with Gasteiger partial charge in [-0.15, -0.1) is 0 Å². The summed E-state index contributed by atoms with van der Waals surface area (Å²) in [4.78, 5) is 29.2. The maximum absolute atomic E-state index is 12.9. The van der Waals surface area contributed by atoms with Crippen LogP contribution >= 0.6 is 0 Å². The molecule has 0 atom stereocenters. The summed E-state index contributed by atoms with van der Waals surface area (Å²) in [6, 6.07) is 8.00. The van der Waals surface area contributed by atoms with Crippen LogP contribution in [0.3, 0.4) is 0 Å². The number of carbonyl (C=O) groups is 2. The average Bonchev–Trinajstić information content (AvgIpc) is 3.21. The molecule has 3 rings (SSSR count). The van der Waals surface area contributed by atoms with E-state index in [0.717, 1.165) is 12.1 Å². The van der Waals surface area contributed by atoms with Gasteiger partial charge < -0.3 is 9.80 Å². The Morgan fingerprint density at radius 3 is 2.48 bits per heavy atom. The predicted molar refractivity (Wildman–Crippen MR) is 82.1 cm³/mol. The minimum Gasteiger partial charge on any atom is -0.342 e. The highest BCUT2D eigenvalue weighted by Gasteiger charge is 2.59. The molecule has 0 radical (unpaired) electrons. The first-order chi connectivity index (χ1) is 10.1. The molecule has 0 N–H and O–H groups in total. The minimum absolute atomic E-state index is 0.00403. The number of amides is 2. The molecule has 0 spiro atoms. The largest absolute Gasteiger partial charge is 0.342 e. The summed E-state index contributed by atoms with van der Waals surface area (Å²) in [5.74, 6) is 0.0197. The number of rotatable bonds is 4. The third kappa shape index (κ3) is 2.13. The van der Waals surface area contributed by atoms with Gasteiger partial charge in [-0.25, -0.2) is 0 Å². The van der Waals surface area contributed by atoms with E-state index in [9.17, 15) is 9.59 Å². The fourth-order valence-electron chi connectivity index (χ4n) is 3.27. The average molecular weight is 286 g/mol. The highest BCUT2D eigenvalue weighted by Crippen LogP contribution is 2.50. The Morgan fingerprint density at radius 2 is 1.86 bits per heavy atom. The first-order valence-electron chi connectivity index (χ1n) is 7.83. The Morgan fingerprint density at radius 1 is 1.19 bits per heavy atom. The van der Waals surface area contributed by atoms with E-state index >= 15 is 0 Å². The lowest BCUT2D eigenvalue weighted by atomic mass is 10.0. The molecule has 112 valence electrons. The van der Waals surface area contributed by atoms with Gasteiger partial charge in [0.2, 0.25) is 11.8 Å². The lowest BCUT2D eigenvalue weighted by Crippen LogP contribution is -2.46. The molecule has 1 aliphatic heterocycles. The second-order valence-corrected chi connectivity index (χ2v) is 5.90. The molecule has 1 aromatic rings. The van der Waals surface area contributed by atoms with Gasteiger partial charge in [0, 0.05) is 25.3 Å². The molecular formula is C17H22N2O2. The van der Waals surface area contributed by atoms with Gasteiger partial charge in [-0.3, -0.25) is 9.59 Å². The fourth-order valence-corrected chi connectivity index (χ4v) is 3.27. The zero-order valence-corrected chi connectivity index (χ0v) is 12.8. The number of hydrogen-bond acceptors (Lipinski definition) is 2. The summed E-state index contributed by atoms with van der Waals surface area (Å²) in [5, 5.41) is 0. The van der Waals surface area contributed by atoms with E-state index in [4.69, 9.17) is 0 Å². The Hall–Kier alpha value is -1.84. The second kappa shape index (κ2) is 5.17. The van der Waals surface area contributed by atoms with E-state index in [1.807, 2.05) is 36.9 Å². The van der Waals surface area contributed by atoms with Crippen LogP contribution in [0.25, 0.3) is 0 Å². The number of nitrogens with zero attached hydrogens (tertiary/aromatic N) is 2. The number of carbonyl (C=O) groups excluding carboxylic acids is 2. The molecule has 21 heavy (non-hydrogen) atoms. The normalized spacial score (nSPS) is 18.3. The van der Waals surface area contributed by atoms with E-state index in [2.05, 4.69) is 6.07 Å². The summed E-state index contributed by atoms with van der Waals surface area (Å²) in [6.45, 7) is 5.97. The van der Waals surface area contributed by atoms with Crippen LogP contribution in [0.5, 0.6) is 0 Å². The summed E-state index contributed by atoms with van der Waals surface area (Å²) < 4.78 is 0. The van der Waals surface area contributed by atoms with Gasteiger partial charge in [0.25, 0.3) is 0 Å². The van der Waals surface area contributed by atoms with Crippen molar-refractivity contribution in [3.05, 3.63) is 29.8 Å². The highest BCUT2D eigenvalue weighted by molar-refractivity contribution is 6.14. The fraction of sp³-hybridized carbons (Fsp3) is 0.529. The molecule has 0 unspecified atom stereocenters. The number of anilines is 1. The van der Waals surface area contributed by atoms with Crippen molar-refractivity contribution in [2.75, 3.05) is 24.5 Å². The lowest BCUT2D eigenvalue weighted by molar-refractivity contribution is -0.142. The monoisotopic (exact) mass is 286 g/mol. The Labute approximate surface area is 125 Å². The van der Waals surface area contributed by atoms with Crippen LogP contribution in [-0.2, 0) is 16.0 Å². The smallest absolute Gasteiger partial charge is 0.242 e. The summed E-state index contributed by atoms with van der Waals surface area (Å²) in [6.07, 6.45) is 2.27. The third-order valence-electron chi connectivity index (χ3n) is 4.75. The van der Waals surface area contributed by atoms with Gasteiger partial charge in [-0.2, -0.15) is 0 Å². The Bertz CT molecular complexity index is 574. The van der Waals surface area contributed by atoms with Crippen molar-refractivity contribution in [3.8, 4) is 0 Å². The molecule has 0 aromatic heterocycles. The van der Waals surface area contributed by atoms with Gasteiger partial charge in [0.05, 0.1) is 0 Å². The summed E-state index contributed by atoms with van der Waals surface area (Å²) in [7, 11) is 0. The molecule has 1 saturated carbocycles.